The standard InChI is InChI=1S/C21H24N4O/c26-21(13-19-16-25-12-5-4-10-20(25)22-19)23-18-9-6-11-24(15-18)14-17-7-2-1-3-8-17/h1-5,7-8,10,12,16,18H,6,9,11,13-15H2,(H,23,26). The minimum Gasteiger partial charge on any atom is -0.352 e. The number of rotatable bonds is 5. The number of likely N-dealkylation sites (tertiary alicyclic amines) is 1. The third-order valence-corrected chi connectivity index (χ3v) is 4.88. The summed E-state index contributed by atoms with van der Waals surface area (Å²) in [5.74, 6) is 0.0555. The molecule has 1 N–H and O–H groups in total. The van der Waals surface area contributed by atoms with Gasteiger partial charge in [0.2, 0.25) is 5.91 Å². The van der Waals surface area contributed by atoms with E-state index in [0.29, 0.717) is 6.42 Å². The molecule has 0 aliphatic carbocycles. The van der Waals surface area contributed by atoms with E-state index in [1.165, 1.54) is 5.56 Å². The number of benzene rings is 1. The number of piperidine rings is 1. The fraction of sp³-hybridized carbons (Fsp3) is 0.333. The Kier molecular flexibility index (Phi) is 4.97. The number of amides is 1. The second-order valence-electron chi connectivity index (χ2n) is 7.00. The number of fused-ring (bicyclic) bond motifs is 1. The summed E-state index contributed by atoms with van der Waals surface area (Å²) in [4.78, 5) is 19.4. The average molecular weight is 348 g/mol. The lowest BCUT2D eigenvalue weighted by molar-refractivity contribution is -0.121. The van der Waals surface area contributed by atoms with E-state index < -0.39 is 0 Å². The summed E-state index contributed by atoms with van der Waals surface area (Å²) in [5.41, 5.74) is 3.01. The molecule has 5 nitrogen and oxygen atoms in total. The zero-order chi connectivity index (χ0) is 17.8. The number of aromatic nitrogens is 2. The summed E-state index contributed by atoms with van der Waals surface area (Å²) in [6, 6.07) is 16.6. The number of nitrogens with zero attached hydrogens (tertiary/aromatic N) is 3. The maximum atomic E-state index is 12.4. The zero-order valence-corrected chi connectivity index (χ0v) is 14.8. The van der Waals surface area contributed by atoms with Crippen LogP contribution in [0.25, 0.3) is 5.65 Å². The van der Waals surface area contributed by atoms with Gasteiger partial charge in [-0.05, 0) is 37.1 Å². The topological polar surface area (TPSA) is 49.6 Å². The molecular formula is C21H24N4O. The van der Waals surface area contributed by atoms with Crippen molar-refractivity contribution in [3.63, 3.8) is 0 Å². The Balaban J connectivity index is 1.32. The Morgan fingerprint density at radius 1 is 1.15 bits per heavy atom. The van der Waals surface area contributed by atoms with Crippen LogP contribution in [0.5, 0.6) is 0 Å². The summed E-state index contributed by atoms with van der Waals surface area (Å²) in [6.07, 6.45) is 6.37. The minimum atomic E-state index is 0.0555. The number of imidazole rings is 1. The number of pyridine rings is 1. The van der Waals surface area contributed by atoms with Crippen molar-refractivity contribution >= 4 is 11.6 Å². The van der Waals surface area contributed by atoms with Crippen molar-refractivity contribution in [2.45, 2.75) is 31.8 Å². The van der Waals surface area contributed by atoms with E-state index in [-0.39, 0.29) is 11.9 Å². The van der Waals surface area contributed by atoms with Gasteiger partial charge in [-0.25, -0.2) is 4.98 Å². The normalized spacial score (nSPS) is 18.1. The van der Waals surface area contributed by atoms with Gasteiger partial charge in [-0.3, -0.25) is 9.69 Å². The fourth-order valence-corrected chi connectivity index (χ4v) is 3.67. The van der Waals surface area contributed by atoms with Crippen LogP contribution in [0.4, 0.5) is 0 Å². The molecule has 1 fully saturated rings. The molecule has 134 valence electrons. The van der Waals surface area contributed by atoms with Gasteiger partial charge >= 0.3 is 0 Å². The molecule has 1 saturated heterocycles. The van der Waals surface area contributed by atoms with Crippen molar-refractivity contribution in [1.29, 1.82) is 0 Å². The first-order chi connectivity index (χ1) is 12.8. The molecule has 0 radical (unpaired) electrons. The fourth-order valence-electron chi connectivity index (χ4n) is 3.67. The Hall–Kier alpha value is -2.66. The maximum Gasteiger partial charge on any atom is 0.226 e. The van der Waals surface area contributed by atoms with Crippen LogP contribution in [0.1, 0.15) is 24.1 Å². The highest BCUT2D eigenvalue weighted by Gasteiger charge is 2.21. The molecule has 1 atom stereocenters. The molecule has 3 aromatic rings. The van der Waals surface area contributed by atoms with Crippen LogP contribution in [0.2, 0.25) is 0 Å². The molecule has 0 saturated carbocycles. The highest BCUT2D eigenvalue weighted by Crippen LogP contribution is 2.14. The third kappa shape index (κ3) is 4.11. The monoisotopic (exact) mass is 348 g/mol. The molecule has 4 rings (SSSR count). The van der Waals surface area contributed by atoms with Crippen LogP contribution in [-0.4, -0.2) is 39.3 Å². The molecule has 5 heteroatoms. The molecule has 3 heterocycles. The lowest BCUT2D eigenvalue weighted by Crippen LogP contribution is -2.47. The SMILES string of the molecule is O=C(Cc1cn2ccccc2n1)NC1CCCN(Cc2ccccc2)C1. The van der Waals surface area contributed by atoms with Crippen molar-refractivity contribution in [3.05, 3.63) is 72.2 Å². The quantitative estimate of drug-likeness (QED) is 0.771. The maximum absolute atomic E-state index is 12.4. The van der Waals surface area contributed by atoms with Gasteiger partial charge in [-0.1, -0.05) is 36.4 Å². The molecule has 1 amide bonds. The van der Waals surface area contributed by atoms with E-state index in [0.717, 1.165) is 43.8 Å². The van der Waals surface area contributed by atoms with Gasteiger partial charge < -0.3 is 9.72 Å². The predicted molar refractivity (Wildman–Crippen MR) is 102 cm³/mol. The van der Waals surface area contributed by atoms with Crippen LogP contribution in [0.3, 0.4) is 0 Å². The molecule has 2 aromatic heterocycles. The largest absolute Gasteiger partial charge is 0.352 e. The Bertz CT molecular complexity index is 841. The van der Waals surface area contributed by atoms with Crippen molar-refractivity contribution in [2.75, 3.05) is 13.1 Å². The van der Waals surface area contributed by atoms with Gasteiger partial charge in [0.1, 0.15) is 5.65 Å². The number of carbonyl (C=O) groups excluding carboxylic acids is 1. The van der Waals surface area contributed by atoms with Gasteiger partial charge in [0.05, 0.1) is 12.1 Å². The van der Waals surface area contributed by atoms with E-state index in [9.17, 15) is 4.79 Å². The summed E-state index contributed by atoms with van der Waals surface area (Å²) < 4.78 is 1.95. The summed E-state index contributed by atoms with van der Waals surface area (Å²) in [7, 11) is 0. The van der Waals surface area contributed by atoms with Crippen molar-refractivity contribution < 1.29 is 4.79 Å². The molecule has 1 aliphatic heterocycles. The van der Waals surface area contributed by atoms with E-state index in [1.54, 1.807) is 0 Å². The third-order valence-electron chi connectivity index (χ3n) is 4.88. The van der Waals surface area contributed by atoms with Gasteiger partial charge in [-0.15, -0.1) is 0 Å². The van der Waals surface area contributed by atoms with Crippen LogP contribution < -0.4 is 5.32 Å². The second kappa shape index (κ2) is 7.70. The Morgan fingerprint density at radius 2 is 2.00 bits per heavy atom. The Labute approximate surface area is 153 Å². The smallest absolute Gasteiger partial charge is 0.226 e. The summed E-state index contributed by atoms with van der Waals surface area (Å²) in [6.45, 7) is 2.94. The number of hydrogen-bond donors (Lipinski definition) is 1. The molecule has 1 aliphatic rings. The molecular weight excluding hydrogens is 324 g/mol. The van der Waals surface area contributed by atoms with Gasteiger partial charge in [0, 0.05) is 31.5 Å². The van der Waals surface area contributed by atoms with Crippen molar-refractivity contribution in [2.24, 2.45) is 0 Å². The Morgan fingerprint density at radius 3 is 2.85 bits per heavy atom. The van der Waals surface area contributed by atoms with Crippen LogP contribution >= 0.6 is 0 Å². The van der Waals surface area contributed by atoms with Gasteiger partial charge in [-0.2, -0.15) is 0 Å². The summed E-state index contributed by atoms with van der Waals surface area (Å²) in [5, 5.41) is 3.20. The molecule has 26 heavy (non-hydrogen) atoms. The highest BCUT2D eigenvalue weighted by atomic mass is 16.1. The van der Waals surface area contributed by atoms with Gasteiger partial charge in [0.25, 0.3) is 0 Å². The van der Waals surface area contributed by atoms with Gasteiger partial charge in [0.15, 0.2) is 0 Å². The number of nitrogens with one attached hydrogen (secondary N) is 1. The first-order valence-corrected chi connectivity index (χ1v) is 9.24. The average Bonchev–Trinajstić information content (AvgIpc) is 3.05. The van der Waals surface area contributed by atoms with E-state index in [2.05, 4.69) is 39.5 Å². The molecule has 0 spiro atoms. The van der Waals surface area contributed by atoms with Crippen LogP contribution in [0.15, 0.2) is 60.9 Å². The number of hydrogen-bond acceptors (Lipinski definition) is 3. The first kappa shape index (κ1) is 16.8. The zero-order valence-electron chi connectivity index (χ0n) is 14.8. The second-order valence-corrected chi connectivity index (χ2v) is 7.00. The lowest BCUT2D eigenvalue weighted by atomic mass is 10.0. The van der Waals surface area contributed by atoms with Crippen LogP contribution in [-0.2, 0) is 17.8 Å². The van der Waals surface area contributed by atoms with Crippen LogP contribution in [0, 0.1) is 0 Å². The molecule has 0 bridgehead atoms. The summed E-state index contributed by atoms with van der Waals surface area (Å²) >= 11 is 0. The minimum absolute atomic E-state index is 0.0555. The number of carbonyl (C=O) groups is 1. The molecule has 1 unspecified atom stereocenters. The predicted octanol–water partition coefficient (Wildman–Crippen LogP) is 2.66. The van der Waals surface area contributed by atoms with Crippen molar-refractivity contribution in [1.82, 2.24) is 19.6 Å². The first-order valence-electron chi connectivity index (χ1n) is 9.24. The lowest BCUT2D eigenvalue weighted by Gasteiger charge is -2.33. The molecule has 1 aromatic carbocycles. The van der Waals surface area contributed by atoms with E-state index >= 15 is 0 Å². The van der Waals surface area contributed by atoms with E-state index in [4.69, 9.17) is 0 Å². The van der Waals surface area contributed by atoms with Crippen molar-refractivity contribution in [3.8, 4) is 0 Å². The highest BCUT2D eigenvalue weighted by molar-refractivity contribution is 5.78. The van der Waals surface area contributed by atoms with E-state index in [1.807, 2.05) is 41.1 Å².